The van der Waals surface area contributed by atoms with Gasteiger partial charge in [0.15, 0.2) is 5.13 Å². The second-order valence-corrected chi connectivity index (χ2v) is 8.35. The van der Waals surface area contributed by atoms with Crippen LogP contribution in [0.15, 0.2) is 60.7 Å². The summed E-state index contributed by atoms with van der Waals surface area (Å²) in [5.41, 5.74) is 3.21. The van der Waals surface area contributed by atoms with Crippen molar-refractivity contribution in [1.82, 2.24) is 4.98 Å². The van der Waals surface area contributed by atoms with E-state index >= 15 is 0 Å². The first-order valence-corrected chi connectivity index (χ1v) is 11.2. The van der Waals surface area contributed by atoms with Crippen molar-refractivity contribution in [2.45, 2.75) is 12.8 Å². The number of hydrogen-bond acceptors (Lipinski definition) is 6. The minimum absolute atomic E-state index is 0.109. The van der Waals surface area contributed by atoms with E-state index in [0.717, 1.165) is 16.1 Å². The lowest BCUT2D eigenvalue weighted by Gasteiger charge is -2.02. The van der Waals surface area contributed by atoms with Gasteiger partial charge < -0.3 is 10.1 Å². The van der Waals surface area contributed by atoms with E-state index in [1.807, 2.05) is 36.4 Å². The number of hydrogen-bond donors (Lipinski definition) is 1. The third kappa shape index (κ3) is 6.44. The number of anilines is 1. The van der Waals surface area contributed by atoms with Crippen molar-refractivity contribution in [3.8, 4) is 10.4 Å². The zero-order valence-electron chi connectivity index (χ0n) is 16.1. The summed E-state index contributed by atoms with van der Waals surface area (Å²) in [6, 6.07) is 20.2. The molecule has 5 nitrogen and oxygen atoms in total. The van der Waals surface area contributed by atoms with Crippen molar-refractivity contribution in [2.24, 2.45) is 0 Å². The molecule has 0 spiro atoms. The normalized spacial score (nSPS) is 10.5. The van der Waals surface area contributed by atoms with Gasteiger partial charge in [-0.25, -0.2) is 4.98 Å². The molecule has 1 aromatic heterocycles. The van der Waals surface area contributed by atoms with E-state index in [9.17, 15) is 9.59 Å². The fourth-order valence-corrected chi connectivity index (χ4v) is 4.45. The molecule has 1 amide bonds. The van der Waals surface area contributed by atoms with Crippen molar-refractivity contribution in [2.75, 3.05) is 23.9 Å². The topological polar surface area (TPSA) is 68.3 Å². The monoisotopic (exact) mass is 426 g/mol. The zero-order chi connectivity index (χ0) is 20.5. The summed E-state index contributed by atoms with van der Waals surface area (Å²) < 4.78 is 4.59. The van der Waals surface area contributed by atoms with Gasteiger partial charge in [0.25, 0.3) is 0 Å². The van der Waals surface area contributed by atoms with Crippen LogP contribution in [0, 0.1) is 0 Å². The molecule has 150 valence electrons. The minimum atomic E-state index is -0.284. The number of thioether (sulfide) groups is 1. The minimum Gasteiger partial charge on any atom is -0.468 e. The lowest BCUT2D eigenvalue weighted by atomic mass is 10.1. The average molecular weight is 427 g/mol. The van der Waals surface area contributed by atoms with Crippen molar-refractivity contribution < 1.29 is 14.3 Å². The van der Waals surface area contributed by atoms with E-state index in [-0.39, 0.29) is 17.6 Å². The van der Waals surface area contributed by atoms with Crippen LogP contribution in [-0.2, 0) is 20.7 Å². The van der Waals surface area contributed by atoms with Gasteiger partial charge in [0.2, 0.25) is 5.91 Å². The molecule has 0 atom stereocenters. The highest BCUT2D eigenvalue weighted by molar-refractivity contribution is 7.99. The van der Waals surface area contributed by atoms with Crippen LogP contribution >= 0.6 is 23.1 Å². The van der Waals surface area contributed by atoms with Gasteiger partial charge in [-0.1, -0.05) is 72.0 Å². The van der Waals surface area contributed by atoms with Gasteiger partial charge in [0.1, 0.15) is 0 Å². The highest BCUT2D eigenvalue weighted by atomic mass is 32.2. The van der Waals surface area contributed by atoms with Crippen LogP contribution in [0.3, 0.4) is 0 Å². The second kappa shape index (κ2) is 10.8. The molecule has 0 aliphatic rings. The van der Waals surface area contributed by atoms with Crippen molar-refractivity contribution in [1.29, 1.82) is 0 Å². The van der Waals surface area contributed by atoms with Crippen molar-refractivity contribution in [3.63, 3.8) is 0 Å². The molecule has 0 radical (unpaired) electrons. The fourth-order valence-electron chi connectivity index (χ4n) is 2.69. The molecular formula is C22H22N2O3S2. The summed E-state index contributed by atoms with van der Waals surface area (Å²) in [4.78, 5) is 29.1. The summed E-state index contributed by atoms with van der Waals surface area (Å²) in [5.74, 6) is 0.408. The van der Waals surface area contributed by atoms with E-state index in [4.69, 9.17) is 4.98 Å². The van der Waals surface area contributed by atoms with Crippen LogP contribution in [0.5, 0.6) is 0 Å². The van der Waals surface area contributed by atoms with E-state index in [1.165, 1.54) is 35.8 Å². The number of carbonyl (C=O) groups excluding carboxylic acids is 2. The number of esters is 1. The summed E-state index contributed by atoms with van der Waals surface area (Å²) in [6.07, 6.45) is 1.02. The largest absolute Gasteiger partial charge is 0.468 e. The maximum absolute atomic E-state index is 12.3. The molecule has 0 aliphatic heterocycles. The highest BCUT2D eigenvalue weighted by Crippen LogP contribution is 2.34. The summed E-state index contributed by atoms with van der Waals surface area (Å²) >= 11 is 2.86. The third-order valence-corrected chi connectivity index (χ3v) is 6.11. The molecule has 0 bridgehead atoms. The Morgan fingerprint density at radius 1 is 1.07 bits per heavy atom. The van der Waals surface area contributed by atoms with Gasteiger partial charge in [0.05, 0.1) is 23.4 Å². The summed E-state index contributed by atoms with van der Waals surface area (Å²) in [5, 5.41) is 3.49. The number of carbonyl (C=O) groups is 2. The number of methoxy groups -OCH3 is 1. The molecule has 0 fully saturated rings. The lowest BCUT2D eigenvalue weighted by molar-refractivity contribution is -0.137. The van der Waals surface area contributed by atoms with Gasteiger partial charge >= 0.3 is 5.97 Å². The van der Waals surface area contributed by atoms with Crippen LogP contribution in [0.1, 0.15) is 17.7 Å². The van der Waals surface area contributed by atoms with Gasteiger partial charge in [-0.05, 0) is 11.1 Å². The molecular weight excluding hydrogens is 404 g/mol. The Hall–Kier alpha value is -2.64. The number of rotatable bonds is 9. The first-order chi connectivity index (χ1) is 14.2. The molecule has 1 heterocycles. The standard InChI is InChI=1S/C22H22N2O3S2/c1-27-20(26)15-28-13-12-19(25)24-22-23-18(14-16-8-4-2-5-9-16)21(29-22)17-10-6-3-7-11-17/h2-11H,12-15H2,1H3,(H,23,24,25). The third-order valence-electron chi connectivity index (χ3n) is 4.12. The van der Waals surface area contributed by atoms with E-state index in [0.29, 0.717) is 23.7 Å². The number of aromatic nitrogens is 1. The maximum atomic E-state index is 12.3. The van der Waals surface area contributed by atoms with Crippen LogP contribution in [-0.4, -0.2) is 35.5 Å². The quantitative estimate of drug-likeness (QED) is 0.399. The smallest absolute Gasteiger partial charge is 0.315 e. The fraction of sp³-hybridized carbons (Fsp3) is 0.227. The zero-order valence-corrected chi connectivity index (χ0v) is 17.7. The van der Waals surface area contributed by atoms with E-state index < -0.39 is 0 Å². The average Bonchev–Trinajstić information content (AvgIpc) is 3.14. The molecule has 29 heavy (non-hydrogen) atoms. The summed E-state index contributed by atoms with van der Waals surface area (Å²) in [6.45, 7) is 0. The molecule has 0 aliphatic carbocycles. The number of amides is 1. The Kier molecular flexibility index (Phi) is 7.84. The van der Waals surface area contributed by atoms with Crippen molar-refractivity contribution >= 4 is 40.1 Å². The van der Waals surface area contributed by atoms with Crippen LogP contribution in [0.25, 0.3) is 10.4 Å². The number of thiazole rings is 1. The Morgan fingerprint density at radius 3 is 2.45 bits per heavy atom. The number of nitrogens with zero attached hydrogens (tertiary/aromatic N) is 1. The Bertz CT molecular complexity index is 943. The maximum Gasteiger partial charge on any atom is 0.315 e. The Balaban J connectivity index is 1.69. The van der Waals surface area contributed by atoms with Gasteiger partial charge in [-0.15, -0.1) is 11.8 Å². The van der Waals surface area contributed by atoms with Gasteiger partial charge in [0, 0.05) is 18.6 Å². The lowest BCUT2D eigenvalue weighted by Crippen LogP contribution is -2.13. The number of ether oxygens (including phenoxy) is 1. The predicted molar refractivity (Wildman–Crippen MR) is 119 cm³/mol. The van der Waals surface area contributed by atoms with Gasteiger partial charge in [-0.2, -0.15) is 0 Å². The molecule has 3 aromatic rings. The van der Waals surface area contributed by atoms with Crippen LogP contribution in [0.2, 0.25) is 0 Å². The van der Waals surface area contributed by atoms with E-state index in [2.05, 4.69) is 34.3 Å². The SMILES string of the molecule is COC(=O)CSCCC(=O)Nc1nc(Cc2ccccc2)c(-c2ccccc2)s1. The first kappa shape index (κ1) is 21.1. The Morgan fingerprint density at radius 2 is 1.76 bits per heavy atom. The molecule has 0 unspecified atom stereocenters. The highest BCUT2D eigenvalue weighted by Gasteiger charge is 2.15. The Labute approximate surface area is 178 Å². The predicted octanol–water partition coefficient (Wildman–Crippen LogP) is 4.64. The molecule has 1 N–H and O–H groups in total. The second-order valence-electron chi connectivity index (χ2n) is 6.25. The molecule has 2 aromatic carbocycles. The van der Waals surface area contributed by atoms with E-state index in [1.54, 1.807) is 0 Å². The molecule has 7 heteroatoms. The van der Waals surface area contributed by atoms with Gasteiger partial charge in [-0.3, -0.25) is 9.59 Å². The molecule has 0 saturated carbocycles. The van der Waals surface area contributed by atoms with Crippen LogP contribution in [0.4, 0.5) is 5.13 Å². The number of nitrogens with one attached hydrogen (secondary N) is 1. The number of benzene rings is 2. The first-order valence-electron chi connectivity index (χ1n) is 9.19. The van der Waals surface area contributed by atoms with Crippen molar-refractivity contribution in [3.05, 3.63) is 71.9 Å². The molecule has 0 saturated heterocycles. The van der Waals surface area contributed by atoms with Crippen LogP contribution < -0.4 is 5.32 Å². The molecule has 3 rings (SSSR count). The summed E-state index contributed by atoms with van der Waals surface area (Å²) in [7, 11) is 1.36.